The third-order valence-electron chi connectivity index (χ3n) is 2.86. The van der Waals surface area contributed by atoms with Crippen molar-refractivity contribution in [2.24, 2.45) is 0 Å². The predicted molar refractivity (Wildman–Crippen MR) is 79.0 cm³/mol. The lowest BCUT2D eigenvalue weighted by atomic mass is 10.1. The zero-order valence-corrected chi connectivity index (χ0v) is 12.6. The van der Waals surface area contributed by atoms with Crippen molar-refractivity contribution in [3.05, 3.63) is 52.2 Å². The molecule has 2 rings (SSSR count). The zero-order chi connectivity index (χ0) is 13.9. The van der Waals surface area contributed by atoms with Gasteiger partial charge in [0.2, 0.25) is 10.0 Å². The van der Waals surface area contributed by atoms with Crippen molar-refractivity contribution >= 4 is 21.4 Å². The fraction of sp³-hybridized carbons (Fsp3) is 0.286. The summed E-state index contributed by atoms with van der Waals surface area (Å²) >= 11 is 1.62. The van der Waals surface area contributed by atoms with Gasteiger partial charge < -0.3 is 0 Å². The molecule has 1 heterocycles. The van der Waals surface area contributed by atoms with Crippen molar-refractivity contribution in [2.75, 3.05) is 0 Å². The van der Waals surface area contributed by atoms with Gasteiger partial charge in [-0.15, -0.1) is 0 Å². The van der Waals surface area contributed by atoms with Crippen LogP contribution in [0, 0.1) is 6.92 Å². The topological polar surface area (TPSA) is 46.2 Å². The average molecular weight is 295 g/mol. The van der Waals surface area contributed by atoms with Crippen molar-refractivity contribution in [1.29, 1.82) is 0 Å². The van der Waals surface area contributed by atoms with E-state index in [1.807, 2.05) is 29.8 Å². The predicted octanol–water partition coefficient (Wildman–Crippen LogP) is 2.97. The lowest BCUT2D eigenvalue weighted by Gasteiger charge is -2.14. The second kappa shape index (κ2) is 5.86. The molecule has 1 unspecified atom stereocenters. The molecule has 5 heteroatoms. The van der Waals surface area contributed by atoms with E-state index < -0.39 is 10.0 Å². The largest absolute Gasteiger partial charge is 0.241 e. The number of benzene rings is 1. The Bertz CT molecular complexity index is 633. The number of hydrogen-bond donors (Lipinski definition) is 1. The third-order valence-corrected chi connectivity index (χ3v) is 5.34. The highest BCUT2D eigenvalue weighted by Crippen LogP contribution is 2.15. The van der Waals surface area contributed by atoms with Crippen molar-refractivity contribution in [3.8, 4) is 0 Å². The number of thiophene rings is 1. The van der Waals surface area contributed by atoms with E-state index in [0.29, 0.717) is 11.3 Å². The van der Waals surface area contributed by atoms with Crippen molar-refractivity contribution < 1.29 is 8.42 Å². The van der Waals surface area contributed by atoms with E-state index in [1.54, 1.807) is 36.5 Å². The first-order chi connectivity index (χ1) is 8.99. The van der Waals surface area contributed by atoms with Crippen LogP contribution in [-0.2, 0) is 16.4 Å². The monoisotopic (exact) mass is 295 g/mol. The number of rotatable bonds is 5. The van der Waals surface area contributed by atoms with Gasteiger partial charge in [-0.2, -0.15) is 11.3 Å². The molecule has 3 nitrogen and oxygen atoms in total. The highest BCUT2D eigenvalue weighted by molar-refractivity contribution is 7.89. The second-order valence-electron chi connectivity index (χ2n) is 4.62. The summed E-state index contributed by atoms with van der Waals surface area (Å²) in [5.74, 6) is 0. The Hall–Kier alpha value is -1.17. The van der Waals surface area contributed by atoms with Crippen molar-refractivity contribution in [2.45, 2.75) is 31.2 Å². The summed E-state index contributed by atoms with van der Waals surface area (Å²) < 4.78 is 27.3. The van der Waals surface area contributed by atoms with Crippen LogP contribution in [0.3, 0.4) is 0 Å². The van der Waals surface area contributed by atoms with Crippen LogP contribution in [0.25, 0.3) is 0 Å². The lowest BCUT2D eigenvalue weighted by Crippen LogP contribution is -2.34. The van der Waals surface area contributed by atoms with Gasteiger partial charge in [0.15, 0.2) is 0 Å². The minimum Gasteiger partial charge on any atom is -0.208 e. The molecule has 0 aliphatic carbocycles. The van der Waals surface area contributed by atoms with E-state index in [-0.39, 0.29) is 6.04 Å². The molecule has 0 fully saturated rings. The van der Waals surface area contributed by atoms with Crippen LogP contribution in [0.2, 0.25) is 0 Å². The maximum absolute atomic E-state index is 12.3. The molecule has 0 aliphatic heterocycles. The van der Waals surface area contributed by atoms with E-state index in [9.17, 15) is 8.42 Å². The van der Waals surface area contributed by atoms with Gasteiger partial charge in [-0.05, 0) is 54.3 Å². The maximum Gasteiger partial charge on any atom is 0.241 e. The van der Waals surface area contributed by atoms with Crippen LogP contribution in [0.1, 0.15) is 18.1 Å². The van der Waals surface area contributed by atoms with Crippen molar-refractivity contribution in [3.63, 3.8) is 0 Å². The van der Waals surface area contributed by atoms with Crippen molar-refractivity contribution in [1.82, 2.24) is 4.72 Å². The number of aryl methyl sites for hydroxylation is 1. The Morgan fingerprint density at radius 3 is 2.63 bits per heavy atom. The molecule has 2 aromatic rings. The van der Waals surface area contributed by atoms with Crippen LogP contribution in [0.5, 0.6) is 0 Å². The Kier molecular flexibility index (Phi) is 4.39. The molecule has 0 aliphatic rings. The van der Waals surface area contributed by atoms with Crippen LogP contribution in [0.4, 0.5) is 0 Å². The number of sulfonamides is 1. The first-order valence-corrected chi connectivity index (χ1v) is 8.50. The van der Waals surface area contributed by atoms with Crippen LogP contribution < -0.4 is 4.72 Å². The van der Waals surface area contributed by atoms with E-state index in [1.165, 1.54) is 0 Å². The molecule has 1 atom stereocenters. The fourth-order valence-electron chi connectivity index (χ4n) is 1.99. The van der Waals surface area contributed by atoms with Crippen LogP contribution in [0.15, 0.2) is 46.0 Å². The highest BCUT2D eigenvalue weighted by atomic mass is 32.2. The van der Waals surface area contributed by atoms with Gasteiger partial charge >= 0.3 is 0 Å². The molecule has 1 aromatic carbocycles. The minimum absolute atomic E-state index is 0.126. The molecule has 102 valence electrons. The second-order valence-corrected chi connectivity index (χ2v) is 7.09. The lowest BCUT2D eigenvalue weighted by molar-refractivity contribution is 0.559. The SMILES string of the molecule is Cc1ccccc1S(=O)(=O)NC(C)Cc1ccsc1. The van der Waals surface area contributed by atoms with Gasteiger partial charge in [0.05, 0.1) is 4.90 Å². The molecule has 19 heavy (non-hydrogen) atoms. The van der Waals surface area contributed by atoms with E-state index in [0.717, 1.165) is 11.1 Å². The Labute approximate surface area is 118 Å². The minimum atomic E-state index is -3.44. The molecular formula is C14H17NO2S2. The average Bonchev–Trinajstić information content (AvgIpc) is 2.81. The summed E-state index contributed by atoms with van der Waals surface area (Å²) in [5, 5.41) is 4.04. The Morgan fingerprint density at radius 1 is 1.26 bits per heavy atom. The van der Waals surface area contributed by atoms with E-state index >= 15 is 0 Å². The first-order valence-electron chi connectivity index (χ1n) is 6.08. The molecule has 1 aromatic heterocycles. The molecule has 1 N–H and O–H groups in total. The van der Waals surface area contributed by atoms with Crippen LogP contribution >= 0.6 is 11.3 Å². The summed E-state index contributed by atoms with van der Waals surface area (Å²) in [5.41, 5.74) is 1.92. The standard InChI is InChI=1S/C14H17NO2S2/c1-11-5-3-4-6-14(11)19(16,17)15-12(2)9-13-7-8-18-10-13/h3-8,10,12,15H,9H2,1-2H3. The molecule has 0 saturated heterocycles. The molecule has 0 bridgehead atoms. The Morgan fingerprint density at radius 2 is 2.00 bits per heavy atom. The third kappa shape index (κ3) is 3.65. The van der Waals surface area contributed by atoms with Gasteiger partial charge in [0.25, 0.3) is 0 Å². The van der Waals surface area contributed by atoms with E-state index in [2.05, 4.69) is 4.72 Å². The van der Waals surface area contributed by atoms with Gasteiger partial charge in [0, 0.05) is 6.04 Å². The molecular weight excluding hydrogens is 278 g/mol. The molecule has 0 saturated carbocycles. The molecule has 0 amide bonds. The summed E-state index contributed by atoms with van der Waals surface area (Å²) in [4.78, 5) is 0.354. The molecule has 0 spiro atoms. The summed E-state index contributed by atoms with van der Waals surface area (Å²) in [6, 6.07) is 8.91. The molecule has 0 radical (unpaired) electrons. The smallest absolute Gasteiger partial charge is 0.208 e. The van der Waals surface area contributed by atoms with Gasteiger partial charge in [0.1, 0.15) is 0 Å². The quantitative estimate of drug-likeness (QED) is 0.922. The maximum atomic E-state index is 12.3. The van der Waals surface area contributed by atoms with Gasteiger partial charge in [-0.1, -0.05) is 18.2 Å². The van der Waals surface area contributed by atoms with Gasteiger partial charge in [-0.25, -0.2) is 13.1 Å². The van der Waals surface area contributed by atoms with E-state index in [4.69, 9.17) is 0 Å². The first kappa shape index (κ1) is 14.2. The normalized spacial score (nSPS) is 13.4. The zero-order valence-electron chi connectivity index (χ0n) is 11.0. The van der Waals surface area contributed by atoms with Gasteiger partial charge in [-0.3, -0.25) is 0 Å². The Balaban J connectivity index is 2.11. The summed E-state index contributed by atoms with van der Waals surface area (Å²) in [6.07, 6.45) is 0.703. The fourth-order valence-corrected chi connectivity index (χ4v) is 4.16. The highest BCUT2D eigenvalue weighted by Gasteiger charge is 2.19. The summed E-state index contributed by atoms with van der Waals surface area (Å²) in [6.45, 7) is 3.69. The number of nitrogens with one attached hydrogen (secondary N) is 1. The van der Waals surface area contributed by atoms with Crippen LogP contribution in [-0.4, -0.2) is 14.5 Å². The number of hydrogen-bond acceptors (Lipinski definition) is 3. The summed E-state index contributed by atoms with van der Waals surface area (Å²) in [7, 11) is -3.44.